The Morgan fingerprint density at radius 2 is 1.73 bits per heavy atom. The molecule has 0 aliphatic heterocycles. The van der Waals surface area contributed by atoms with Gasteiger partial charge in [-0.3, -0.25) is 14.6 Å². The Kier molecular flexibility index (Phi) is 6.40. The lowest BCUT2D eigenvalue weighted by Crippen LogP contribution is -2.47. The molecule has 1 atom stereocenters. The van der Waals surface area contributed by atoms with Crippen LogP contribution in [0, 0.1) is 5.41 Å². The summed E-state index contributed by atoms with van der Waals surface area (Å²) in [5, 5.41) is 16.0. The normalized spacial score (nSPS) is 15.7. The molecule has 3 aromatic rings. The van der Waals surface area contributed by atoms with E-state index in [0.29, 0.717) is 11.3 Å². The fourth-order valence-corrected chi connectivity index (χ4v) is 4.37. The quantitative estimate of drug-likeness (QED) is 0.506. The third kappa shape index (κ3) is 5.03. The molecule has 0 radical (unpaired) electrons. The zero-order valence-corrected chi connectivity index (χ0v) is 18.5. The molecule has 7 nitrogen and oxygen atoms in total. The van der Waals surface area contributed by atoms with Crippen molar-refractivity contribution in [3.05, 3.63) is 71.9 Å². The Morgan fingerprint density at radius 1 is 1.03 bits per heavy atom. The summed E-state index contributed by atoms with van der Waals surface area (Å²) in [6.45, 7) is 1.90. The van der Waals surface area contributed by atoms with Crippen LogP contribution in [0.5, 0.6) is 0 Å². The zero-order valence-electron chi connectivity index (χ0n) is 18.5. The predicted octanol–water partition coefficient (Wildman–Crippen LogP) is 4.18. The number of para-hydroxylation sites is 1. The number of anilines is 1. The molecular formula is C26H27N3O4. The van der Waals surface area contributed by atoms with Gasteiger partial charge < -0.3 is 15.7 Å². The second-order valence-corrected chi connectivity index (χ2v) is 8.86. The number of carboxylic acids is 1. The first-order chi connectivity index (χ1) is 15.9. The second-order valence-electron chi connectivity index (χ2n) is 8.86. The molecule has 170 valence electrons. The van der Waals surface area contributed by atoms with Crippen LogP contribution in [0.25, 0.3) is 10.9 Å². The Bertz CT molecular complexity index is 1180. The molecule has 0 spiro atoms. The van der Waals surface area contributed by atoms with E-state index in [9.17, 15) is 19.5 Å². The van der Waals surface area contributed by atoms with E-state index in [1.165, 1.54) is 0 Å². The Hall–Kier alpha value is -3.74. The molecular weight excluding hydrogens is 418 g/mol. The lowest BCUT2D eigenvalue weighted by molar-refractivity contribution is -0.143. The summed E-state index contributed by atoms with van der Waals surface area (Å²) in [5.74, 6) is -1.51. The fraction of sp³-hybridized carbons (Fsp3) is 0.308. The van der Waals surface area contributed by atoms with Crippen LogP contribution in [0.4, 0.5) is 5.69 Å². The minimum atomic E-state index is -1.06. The lowest BCUT2D eigenvalue weighted by atomic mass is 9.87. The molecule has 1 aliphatic carbocycles. The third-order valence-corrected chi connectivity index (χ3v) is 6.40. The zero-order chi connectivity index (χ0) is 23.4. The van der Waals surface area contributed by atoms with E-state index in [2.05, 4.69) is 15.6 Å². The summed E-state index contributed by atoms with van der Waals surface area (Å²) in [6, 6.07) is 15.1. The molecule has 1 unspecified atom stereocenters. The number of carbonyl (C=O) groups is 3. The predicted molar refractivity (Wildman–Crippen MR) is 126 cm³/mol. The number of fused-ring (bicyclic) bond motifs is 1. The number of aliphatic carboxylic acids is 1. The average Bonchev–Trinajstić information content (AvgIpc) is 3.27. The lowest BCUT2D eigenvalue weighted by Gasteiger charge is -2.25. The highest BCUT2D eigenvalue weighted by Crippen LogP contribution is 2.37. The van der Waals surface area contributed by atoms with Crippen molar-refractivity contribution in [1.82, 2.24) is 10.3 Å². The van der Waals surface area contributed by atoms with Crippen molar-refractivity contribution in [3.8, 4) is 0 Å². The summed E-state index contributed by atoms with van der Waals surface area (Å²) in [7, 11) is 0. The van der Waals surface area contributed by atoms with Gasteiger partial charge in [0, 0.05) is 29.1 Å². The number of benzene rings is 2. The average molecular weight is 446 g/mol. The van der Waals surface area contributed by atoms with Crippen molar-refractivity contribution in [2.75, 3.05) is 5.32 Å². The molecule has 2 aromatic carbocycles. The van der Waals surface area contributed by atoms with Crippen molar-refractivity contribution < 1.29 is 19.5 Å². The number of hydrogen-bond donors (Lipinski definition) is 3. The molecule has 3 N–H and O–H groups in total. The van der Waals surface area contributed by atoms with Crippen molar-refractivity contribution in [3.63, 3.8) is 0 Å². The van der Waals surface area contributed by atoms with Crippen molar-refractivity contribution in [2.24, 2.45) is 5.41 Å². The first-order valence-corrected chi connectivity index (χ1v) is 11.1. The Balaban J connectivity index is 1.42. The maximum Gasteiger partial charge on any atom is 0.326 e. The van der Waals surface area contributed by atoms with Crippen molar-refractivity contribution in [2.45, 2.75) is 45.1 Å². The van der Waals surface area contributed by atoms with Crippen LogP contribution in [0.3, 0.4) is 0 Å². The van der Waals surface area contributed by atoms with Crippen LogP contribution < -0.4 is 10.6 Å². The smallest absolute Gasteiger partial charge is 0.326 e. The van der Waals surface area contributed by atoms with Gasteiger partial charge in [0.05, 0.1) is 11.1 Å². The van der Waals surface area contributed by atoms with Crippen LogP contribution in [0.2, 0.25) is 0 Å². The first-order valence-electron chi connectivity index (χ1n) is 11.1. The highest BCUT2D eigenvalue weighted by Gasteiger charge is 2.38. The minimum absolute atomic E-state index is 0.167. The van der Waals surface area contributed by atoms with Gasteiger partial charge in [0.1, 0.15) is 6.04 Å². The minimum Gasteiger partial charge on any atom is -0.480 e. The van der Waals surface area contributed by atoms with Gasteiger partial charge >= 0.3 is 5.97 Å². The second kappa shape index (κ2) is 9.40. The largest absolute Gasteiger partial charge is 0.480 e. The fourth-order valence-electron chi connectivity index (χ4n) is 4.37. The van der Waals surface area contributed by atoms with E-state index in [-0.39, 0.29) is 18.2 Å². The van der Waals surface area contributed by atoms with Crippen molar-refractivity contribution in [1.29, 1.82) is 0 Å². The van der Waals surface area contributed by atoms with Gasteiger partial charge in [0.2, 0.25) is 5.91 Å². The number of amides is 2. The van der Waals surface area contributed by atoms with Gasteiger partial charge in [0.15, 0.2) is 0 Å². The Labute approximate surface area is 192 Å². The highest BCUT2D eigenvalue weighted by atomic mass is 16.4. The SMILES string of the molecule is CC1(C(=O)NC(Cc2ccc(NC(=O)c3ccnc4ccccc34)cc2)C(=O)O)CCCC1. The van der Waals surface area contributed by atoms with Crippen molar-refractivity contribution >= 4 is 34.4 Å². The van der Waals surface area contributed by atoms with E-state index >= 15 is 0 Å². The highest BCUT2D eigenvalue weighted by molar-refractivity contribution is 6.12. The summed E-state index contributed by atoms with van der Waals surface area (Å²) in [5.41, 5.74) is 2.14. The van der Waals surface area contributed by atoms with E-state index in [4.69, 9.17) is 0 Å². The van der Waals surface area contributed by atoms with E-state index in [0.717, 1.165) is 42.1 Å². The third-order valence-electron chi connectivity index (χ3n) is 6.40. The topological polar surface area (TPSA) is 108 Å². The molecule has 1 heterocycles. The molecule has 7 heteroatoms. The van der Waals surface area contributed by atoms with Gasteiger partial charge in [-0.05, 0) is 42.7 Å². The van der Waals surface area contributed by atoms with Crippen LogP contribution in [0.1, 0.15) is 48.5 Å². The number of aromatic nitrogens is 1. The molecule has 2 amide bonds. The molecule has 0 saturated heterocycles. The van der Waals surface area contributed by atoms with Crippen LogP contribution in [0.15, 0.2) is 60.8 Å². The van der Waals surface area contributed by atoms with Crippen LogP contribution >= 0.6 is 0 Å². The number of nitrogens with one attached hydrogen (secondary N) is 2. The number of pyridine rings is 1. The molecule has 1 aromatic heterocycles. The standard InChI is InChI=1S/C26H27N3O4/c1-26(13-4-5-14-26)25(33)29-22(24(31)32)16-17-8-10-18(11-9-17)28-23(30)20-12-15-27-21-7-3-2-6-19(20)21/h2-3,6-12,15,22H,4-5,13-14,16H2,1H3,(H,28,30)(H,29,33)(H,31,32). The summed E-state index contributed by atoms with van der Waals surface area (Å²) in [4.78, 5) is 41.5. The molecule has 1 saturated carbocycles. The van der Waals surface area contributed by atoms with Gasteiger partial charge in [-0.15, -0.1) is 0 Å². The molecule has 1 fully saturated rings. The van der Waals surface area contributed by atoms with E-state index in [1.54, 1.807) is 36.5 Å². The number of nitrogens with zero attached hydrogens (tertiary/aromatic N) is 1. The van der Waals surface area contributed by atoms with Gasteiger partial charge in [-0.25, -0.2) is 4.79 Å². The maximum atomic E-state index is 12.8. The summed E-state index contributed by atoms with van der Waals surface area (Å²) < 4.78 is 0. The van der Waals surface area contributed by atoms with E-state index in [1.807, 2.05) is 31.2 Å². The van der Waals surface area contributed by atoms with E-state index < -0.39 is 17.4 Å². The number of hydrogen-bond acceptors (Lipinski definition) is 4. The molecule has 4 rings (SSSR count). The maximum absolute atomic E-state index is 12.8. The molecule has 0 bridgehead atoms. The summed E-state index contributed by atoms with van der Waals surface area (Å²) >= 11 is 0. The van der Waals surface area contributed by atoms with Gasteiger partial charge in [-0.1, -0.05) is 50.1 Å². The van der Waals surface area contributed by atoms with Gasteiger partial charge in [-0.2, -0.15) is 0 Å². The molecule has 1 aliphatic rings. The van der Waals surface area contributed by atoms with Gasteiger partial charge in [0.25, 0.3) is 5.91 Å². The monoisotopic (exact) mass is 445 g/mol. The Morgan fingerprint density at radius 3 is 2.42 bits per heavy atom. The molecule has 33 heavy (non-hydrogen) atoms. The number of rotatable bonds is 7. The first kappa shape index (κ1) is 22.5. The van der Waals surface area contributed by atoms with Crippen LogP contribution in [-0.2, 0) is 16.0 Å². The van der Waals surface area contributed by atoms with Crippen LogP contribution in [-0.4, -0.2) is 33.9 Å². The number of carbonyl (C=O) groups excluding carboxylic acids is 2. The summed E-state index contributed by atoms with van der Waals surface area (Å²) in [6.07, 6.45) is 5.32. The number of carboxylic acid groups (broad SMARTS) is 1.